The van der Waals surface area contributed by atoms with Crippen LogP contribution in [0.15, 0.2) is 35.7 Å². The number of carbonyl (C=O) groups excluding carboxylic acids is 2. The molecule has 1 saturated heterocycles. The third-order valence-electron chi connectivity index (χ3n) is 5.17. The Hall–Kier alpha value is -2.18. The number of hydrogen-bond donors (Lipinski definition) is 1. The number of halogens is 1. The maximum absolute atomic E-state index is 12.7. The molecule has 1 aromatic carbocycles. The molecule has 0 radical (unpaired) electrons. The SMILES string of the molecule is CC(C)C(=O)NCCc1csc(C2CCCN(C(=O)C=Cc3ccccc3Cl)C2)n1. The summed E-state index contributed by atoms with van der Waals surface area (Å²) in [4.78, 5) is 31.0. The highest BCUT2D eigenvalue weighted by atomic mass is 35.5. The van der Waals surface area contributed by atoms with E-state index in [1.54, 1.807) is 23.5 Å². The zero-order chi connectivity index (χ0) is 21.5. The van der Waals surface area contributed by atoms with Gasteiger partial charge in [-0.3, -0.25) is 9.59 Å². The fourth-order valence-corrected chi connectivity index (χ4v) is 4.58. The Bertz CT molecular complexity index is 909. The standard InChI is InChI=1S/C23H28ClN3O2S/c1-16(2)22(29)25-12-11-19-15-30-23(26-19)18-7-5-13-27(14-18)21(28)10-9-17-6-3-4-8-20(17)24/h3-4,6,8-10,15-16,18H,5,7,11-14H2,1-2H3,(H,25,29). The average Bonchev–Trinajstić information content (AvgIpc) is 3.22. The molecule has 0 saturated carbocycles. The Balaban J connectivity index is 1.54. The van der Waals surface area contributed by atoms with Gasteiger partial charge >= 0.3 is 0 Å². The van der Waals surface area contributed by atoms with Gasteiger partial charge in [0.25, 0.3) is 0 Å². The monoisotopic (exact) mass is 445 g/mol. The minimum Gasteiger partial charge on any atom is -0.355 e. The van der Waals surface area contributed by atoms with Gasteiger partial charge in [0.2, 0.25) is 11.8 Å². The molecule has 5 nitrogen and oxygen atoms in total. The lowest BCUT2D eigenvalue weighted by molar-refractivity contribution is -0.127. The van der Waals surface area contributed by atoms with Crippen molar-refractivity contribution in [2.24, 2.45) is 5.92 Å². The second-order valence-electron chi connectivity index (χ2n) is 7.85. The third kappa shape index (κ3) is 6.16. The molecule has 1 fully saturated rings. The topological polar surface area (TPSA) is 62.3 Å². The molecular weight excluding hydrogens is 418 g/mol. The Morgan fingerprint density at radius 2 is 2.17 bits per heavy atom. The molecule has 1 aliphatic heterocycles. The van der Waals surface area contributed by atoms with Gasteiger partial charge < -0.3 is 10.2 Å². The molecule has 160 valence electrons. The molecule has 1 atom stereocenters. The molecule has 0 bridgehead atoms. The van der Waals surface area contributed by atoms with Crippen molar-refractivity contribution in [3.8, 4) is 0 Å². The molecule has 0 spiro atoms. The van der Waals surface area contributed by atoms with Crippen molar-refractivity contribution in [2.45, 2.75) is 39.0 Å². The first-order chi connectivity index (χ1) is 14.4. The van der Waals surface area contributed by atoms with Crippen LogP contribution < -0.4 is 5.32 Å². The van der Waals surface area contributed by atoms with Crippen LogP contribution in [0.1, 0.15) is 48.9 Å². The van der Waals surface area contributed by atoms with E-state index in [-0.39, 0.29) is 23.7 Å². The number of rotatable bonds is 7. The first kappa shape index (κ1) is 22.5. The fourth-order valence-electron chi connectivity index (χ4n) is 3.40. The van der Waals surface area contributed by atoms with Crippen molar-refractivity contribution in [1.82, 2.24) is 15.2 Å². The van der Waals surface area contributed by atoms with Gasteiger partial charge in [0.1, 0.15) is 0 Å². The Morgan fingerprint density at radius 3 is 2.93 bits per heavy atom. The summed E-state index contributed by atoms with van der Waals surface area (Å²) in [6.45, 7) is 5.82. The van der Waals surface area contributed by atoms with Gasteiger partial charge in [0.05, 0.1) is 10.7 Å². The predicted octanol–water partition coefficient (Wildman–Crippen LogP) is 4.53. The number of amides is 2. The quantitative estimate of drug-likeness (QED) is 0.637. The summed E-state index contributed by atoms with van der Waals surface area (Å²) in [7, 11) is 0. The summed E-state index contributed by atoms with van der Waals surface area (Å²) < 4.78 is 0. The molecule has 0 aliphatic carbocycles. The van der Waals surface area contributed by atoms with E-state index >= 15 is 0 Å². The average molecular weight is 446 g/mol. The van der Waals surface area contributed by atoms with Gasteiger partial charge in [0, 0.05) is 54.4 Å². The third-order valence-corrected chi connectivity index (χ3v) is 6.57. The molecule has 1 N–H and O–H groups in total. The van der Waals surface area contributed by atoms with Gasteiger partial charge in [0.15, 0.2) is 0 Å². The zero-order valence-corrected chi connectivity index (χ0v) is 19.0. The first-order valence-corrected chi connectivity index (χ1v) is 11.6. The van der Waals surface area contributed by atoms with Crippen LogP contribution in [-0.2, 0) is 16.0 Å². The highest BCUT2D eigenvalue weighted by molar-refractivity contribution is 7.09. The van der Waals surface area contributed by atoms with Crippen LogP contribution in [-0.4, -0.2) is 41.3 Å². The first-order valence-electron chi connectivity index (χ1n) is 10.4. The number of nitrogens with one attached hydrogen (secondary N) is 1. The van der Waals surface area contributed by atoms with Crippen molar-refractivity contribution >= 4 is 40.8 Å². The zero-order valence-electron chi connectivity index (χ0n) is 17.4. The van der Waals surface area contributed by atoms with Gasteiger partial charge in [-0.05, 0) is 30.5 Å². The lowest BCUT2D eigenvalue weighted by Gasteiger charge is -2.31. The van der Waals surface area contributed by atoms with Crippen LogP contribution in [0.5, 0.6) is 0 Å². The summed E-state index contributed by atoms with van der Waals surface area (Å²) >= 11 is 7.81. The molecular formula is C23H28ClN3O2S. The van der Waals surface area contributed by atoms with E-state index in [0.29, 0.717) is 18.1 Å². The molecule has 7 heteroatoms. The van der Waals surface area contributed by atoms with E-state index in [1.807, 2.05) is 43.0 Å². The van der Waals surface area contributed by atoms with Crippen LogP contribution in [0.2, 0.25) is 5.02 Å². The van der Waals surface area contributed by atoms with E-state index in [0.717, 1.165) is 42.1 Å². The molecule has 1 unspecified atom stereocenters. The number of likely N-dealkylation sites (tertiary alicyclic amines) is 1. The molecule has 3 rings (SSSR count). The van der Waals surface area contributed by atoms with E-state index in [4.69, 9.17) is 16.6 Å². The van der Waals surface area contributed by atoms with Crippen LogP contribution in [0.25, 0.3) is 6.08 Å². The van der Waals surface area contributed by atoms with Gasteiger partial charge in [-0.25, -0.2) is 4.98 Å². The Morgan fingerprint density at radius 1 is 1.37 bits per heavy atom. The number of piperidine rings is 1. The van der Waals surface area contributed by atoms with Crippen molar-refractivity contribution in [1.29, 1.82) is 0 Å². The maximum atomic E-state index is 12.7. The largest absolute Gasteiger partial charge is 0.355 e. The second-order valence-corrected chi connectivity index (χ2v) is 9.15. The summed E-state index contributed by atoms with van der Waals surface area (Å²) in [5.74, 6) is 0.332. The minimum absolute atomic E-state index is 0.00582. The molecule has 1 aliphatic rings. The number of hydrogen-bond acceptors (Lipinski definition) is 4. The Labute approximate surface area is 187 Å². The second kappa shape index (κ2) is 10.7. The smallest absolute Gasteiger partial charge is 0.246 e. The number of aromatic nitrogens is 1. The van der Waals surface area contributed by atoms with E-state index in [2.05, 4.69) is 10.7 Å². The highest BCUT2D eigenvalue weighted by Crippen LogP contribution is 2.29. The van der Waals surface area contributed by atoms with Crippen LogP contribution in [0, 0.1) is 5.92 Å². The van der Waals surface area contributed by atoms with E-state index in [9.17, 15) is 9.59 Å². The van der Waals surface area contributed by atoms with E-state index < -0.39 is 0 Å². The molecule has 30 heavy (non-hydrogen) atoms. The fraction of sp³-hybridized carbons (Fsp3) is 0.435. The summed E-state index contributed by atoms with van der Waals surface area (Å²) in [6.07, 6.45) is 6.12. The summed E-state index contributed by atoms with van der Waals surface area (Å²) in [6, 6.07) is 7.49. The minimum atomic E-state index is -0.00582. The van der Waals surface area contributed by atoms with Crippen molar-refractivity contribution < 1.29 is 9.59 Å². The normalized spacial score (nSPS) is 16.9. The molecule has 2 aromatic rings. The van der Waals surface area contributed by atoms with Gasteiger partial charge in [-0.15, -0.1) is 11.3 Å². The molecule has 1 aromatic heterocycles. The Kier molecular flexibility index (Phi) is 8.05. The number of nitrogens with zero attached hydrogens (tertiary/aromatic N) is 2. The van der Waals surface area contributed by atoms with Gasteiger partial charge in [-0.2, -0.15) is 0 Å². The van der Waals surface area contributed by atoms with Crippen molar-refractivity contribution in [3.63, 3.8) is 0 Å². The number of benzene rings is 1. The molecule has 2 heterocycles. The summed E-state index contributed by atoms with van der Waals surface area (Å²) in [5.41, 5.74) is 1.84. The summed E-state index contributed by atoms with van der Waals surface area (Å²) in [5, 5.41) is 6.71. The van der Waals surface area contributed by atoms with Crippen LogP contribution >= 0.6 is 22.9 Å². The number of carbonyl (C=O) groups is 2. The number of thiazole rings is 1. The van der Waals surface area contributed by atoms with Crippen molar-refractivity contribution in [2.75, 3.05) is 19.6 Å². The van der Waals surface area contributed by atoms with Crippen molar-refractivity contribution in [3.05, 3.63) is 57.0 Å². The van der Waals surface area contributed by atoms with Gasteiger partial charge in [-0.1, -0.05) is 43.6 Å². The molecule has 2 amide bonds. The van der Waals surface area contributed by atoms with Crippen LogP contribution in [0.4, 0.5) is 0 Å². The lowest BCUT2D eigenvalue weighted by atomic mass is 9.98. The van der Waals surface area contributed by atoms with Crippen LogP contribution in [0.3, 0.4) is 0 Å². The maximum Gasteiger partial charge on any atom is 0.246 e. The lowest BCUT2D eigenvalue weighted by Crippen LogP contribution is -2.38. The van der Waals surface area contributed by atoms with E-state index in [1.165, 1.54) is 0 Å². The predicted molar refractivity (Wildman–Crippen MR) is 123 cm³/mol. The highest BCUT2D eigenvalue weighted by Gasteiger charge is 2.25.